The number of aliphatic hydroxyl groups excluding tert-OH is 1. The highest BCUT2D eigenvalue weighted by atomic mass is 32.2. The van der Waals surface area contributed by atoms with Gasteiger partial charge in [-0.1, -0.05) is 147 Å². The molecular formula is C63H58O15S3. The first-order valence-corrected chi connectivity index (χ1v) is 30.3. The van der Waals surface area contributed by atoms with Gasteiger partial charge < -0.3 is 32.6 Å². The van der Waals surface area contributed by atoms with Crippen molar-refractivity contribution in [2.24, 2.45) is 23.7 Å². The monoisotopic (exact) mass is 1150 g/mol. The van der Waals surface area contributed by atoms with E-state index in [0.717, 1.165) is 16.7 Å². The Hall–Kier alpha value is -7.87. The summed E-state index contributed by atoms with van der Waals surface area (Å²) in [6.07, 6.45) is 14.6. The van der Waals surface area contributed by atoms with Crippen molar-refractivity contribution in [3.8, 4) is 17.2 Å². The van der Waals surface area contributed by atoms with Crippen molar-refractivity contribution in [2.75, 3.05) is 7.11 Å². The van der Waals surface area contributed by atoms with Gasteiger partial charge in [0.15, 0.2) is 6.29 Å². The molecule has 0 amide bonds. The van der Waals surface area contributed by atoms with Crippen molar-refractivity contribution in [2.45, 2.75) is 72.9 Å². The van der Waals surface area contributed by atoms with E-state index in [0.29, 0.717) is 34.2 Å². The first-order valence-electron chi connectivity index (χ1n) is 26.1. The molecular weight excluding hydrogens is 1090 g/mol. The zero-order valence-corrected chi connectivity index (χ0v) is 46.9. The first kappa shape index (κ1) is 56.4. The Balaban J connectivity index is 0.940. The number of carbonyl (C=O) groups is 2. The van der Waals surface area contributed by atoms with Gasteiger partial charge in [0.2, 0.25) is 0 Å². The van der Waals surface area contributed by atoms with Gasteiger partial charge >= 0.3 is 42.3 Å². The molecule has 0 aliphatic heterocycles. The molecule has 6 aromatic rings. The number of allylic oxidation sites excluding steroid dienone is 7. The van der Waals surface area contributed by atoms with E-state index in [1.54, 1.807) is 97.1 Å². The minimum atomic E-state index is -4.46. The lowest BCUT2D eigenvalue weighted by Gasteiger charge is -2.37. The Labute approximate surface area is 471 Å². The predicted molar refractivity (Wildman–Crippen MR) is 304 cm³/mol. The second kappa shape index (κ2) is 21.9. The zero-order valence-electron chi connectivity index (χ0n) is 44.4. The number of methoxy groups -OCH3 is 1. The lowest BCUT2D eigenvalue weighted by Crippen LogP contribution is -2.38. The highest BCUT2D eigenvalue weighted by Gasteiger charge is 2.43. The average Bonchev–Trinajstić information content (AvgIpc) is 3.54. The number of hydrogen-bond donors (Lipinski definition) is 3. The van der Waals surface area contributed by atoms with Gasteiger partial charge in [-0.25, -0.2) is 0 Å². The van der Waals surface area contributed by atoms with E-state index in [1.807, 2.05) is 63.3 Å². The lowest BCUT2D eigenvalue weighted by atomic mass is 9.70. The number of fused-ring (bicyclic) bond motifs is 3. The molecule has 81 heavy (non-hydrogen) atoms. The van der Waals surface area contributed by atoms with E-state index in [1.165, 1.54) is 55.7 Å². The van der Waals surface area contributed by atoms with Gasteiger partial charge in [-0.15, -0.1) is 0 Å². The molecule has 0 spiro atoms. The summed E-state index contributed by atoms with van der Waals surface area (Å²) in [5.41, 5.74) is 3.91. The topological polar surface area (TPSA) is 234 Å². The fraction of sp³-hybridized carbons (Fsp3) is 0.238. The lowest BCUT2D eigenvalue weighted by molar-refractivity contribution is -0.140. The van der Waals surface area contributed by atoms with Crippen molar-refractivity contribution in [1.29, 1.82) is 0 Å². The number of aliphatic carboxylic acids is 2. The van der Waals surface area contributed by atoms with Crippen LogP contribution in [-0.4, -0.2) is 65.9 Å². The summed E-state index contributed by atoms with van der Waals surface area (Å²) in [7, 11) is -11.8. The third-order valence-corrected chi connectivity index (χ3v) is 20.1. The fourth-order valence-electron chi connectivity index (χ4n) is 11.5. The van der Waals surface area contributed by atoms with Crippen LogP contribution in [0.2, 0.25) is 0 Å². The van der Waals surface area contributed by atoms with Crippen molar-refractivity contribution in [3.05, 3.63) is 231 Å². The number of hydrogen-bond acceptors (Lipinski definition) is 13. The minimum Gasteiger partial charge on any atom is -0.481 e. The van der Waals surface area contributed by atoms with Gasteiger partial charge in [-0.2, -0.15) is 25.3 Å². The average molecular weight is 1150 g/mol. The van der Waals surface area contributed by atoms with E-state index in [-0.39, 0.29) is 56.3 Å². The molecule has 0 saturated carbocycles. The van der Waals surface area contributed by atoms with Crippen LogP contribution in [0.3, 0.4) is 0 Å². The van der Waals surface area contributed by atoms with Gasteiger partial charge in [0.25, 0.3) is 0 Å². The molecule has 18 heteroatoms. The summed E-state index contributed by atoms with van der Waals surface area (Å²) in [6, 6.07) is 37.0. The molecule has 5 unspecified atom stereocenters. The molecule has 4 aliphatic rings. The largest absolute Gasteiger partial charge is 0.481 e. The predicted octanol–water partition coefficient (Wildman–Crippen LogP) is 10.7. The van der Waals surface area contributed by atoms with Gasteiger partial charge in [0, 0.05) is 41.3 Å². The molecule has 418 valence electrons. The standard InChI is InChI=1S/C63H58O15S3/c1-62(2,43-25-31-47(32-26-43)76-79(69,70)55-17-7-12-40-38-41(59(64)65)20-37-50(40)55)42-21-23-44(24-22-42)63(3,45-27-33-48(34-28-45)77-80(71,72)56-18-9-13-51-52(56)14-8-15-53(51)60(66)67)46-29-35-49(36-30-46)78-81(73,74)57-19-6-11-39-10-5-16-54(58(39)57)61(68)75-4/h5-14,17-37,39,41,53-54,58,61,68H,15-16,38H2,1-4H3,(H,64,65)(H,66,67)/t39?,41?,53?,54?,58-,61?,63+/m1/s1. The molecule has 4 aliphatic carbocycles. The number of carboxylic acid groups (broad SMARTS) is 2. The third-order valence-electron chi connectivity index (χ3n) is 16.1. The van der Waals surface area contributed by atoms with Crippen LogP contribution in [-0.2, 0) is 61.9 Å². The van der Waals surface area contributed by atoms with E-state index >= 15 is 0 Å². The zero-order chi connectivity index (χ0) is 57.6. The molecule has 3 N–H and O–H groups in total. The normalized spacial score (nSPS) is 20.6. The highest BCUT2D eigenvalue weighted by molar-refractivity contribution is 7.91. The van der Waals surface area contributed by atoms with E-state index < -0.39 is 83.1 Å². The molecule has 0 saturated heterocycles. The van der Waals surface area contributed by atoms with Crippen molar-refractivity contribution < 1.29 is 67.4 Å². The fourth-order valence-corrected chi connectivity index (χ4v) is 15.2. The smallest absolute Gasteiger partial charge is 0.339 e. The highest BCUT2D eigenvalue weighted by Crippen LogP contribution is 2.46. The molecule has 0 bridgehead atoms. The maximum absolute atomic E-state index is 14.1. The van der Waals surface area contributed by atoms with Gasteiger partial charge in [-0.3, -0.25) is 9.59 Å². The maximum Gasteiger partial charge on any atom is 0.339 e. The van der Waals surface area contributed by atoms with Crippen molar-refractivity contribution in [3.63, 3.8) is 0 Å². The van der Waals surface area contributed by atoms with Crippen LogP contribution >= 0.6 is 0 Å². The second-order valence-corrected chi connectivity index (χ2v) is 25.7. The maximum atomic E-state index is 14.1. The number of aliphatic hydroxyl groups is 1. The molecule has 6 aromatic carbocycles. The van der Waals surface area contributed by atoms with E-state index in [4.69, 9.17) is 17.3 Å². The van der Waals surface area contributed by atoms with Crippen LogP contribution in [0.5, 0.6) is 17.2 Å². The van der Waals surface area contributed by atoms with Crippen LogP contribution in [0.1, 0.15) is 89.6 Å². The van der Waals surface area contributed by atoms with Crippen LogP contribution in [0.15, 0.2) is 191 Å². The van der Waals surface area contributed by atoms with Gasteiger partial charge in [0.05, 0.1) is 16.7 Å². The van der Waals surface area contributed by atoms with Crippen LogP contribution in [0.4, 0.5) is 0 Å². The SMILES string of the molecule is COC(O)C1CC=CC2C=CC=C(S(=O)(=O)Oc3ccc([C@](C)(c4ccc(OS(=O)(=O)c5cccc6c5C=CCC6C(=O)O)cc4)c4ccc(C(C)(C)c5ccc(OS(=O)(=O)c6cccc7c6C=CC(C(=O)O)C7)cc5)cc4)cc3)[C@H]21. The van der Waals surface area contributed by atoms with E-state index in [2.05, 4.69) is 0 Å². The summed E-state index contributed by atoms with van der Waals surface area (Å²) in [5.74, 6) is -5.08. The quantitative estimate of drug-likeness (QED) is 0.0314. The van der Waals surface area contributed by atoms with Gasteiger partial charge in [-0.05, 0) is 125 Å². The Kier molecular flexibility index (Phi) is 15.2. The molecule has 0 radical (unpaired) electrons. The van der Waals surface area contributed by atoms with Crippen LogP contribution in [0, 0.1) is 23.7 Å². The minimum absolute atomic E-state index is 0.00275. The molecule has 0 aromatic heterocycles. The molecule has 10 rings (SSSR count). The number of carboxylic acids is 2. The number of rotatable bonds is 18. The molecule has 0 heterocycles. The summed E-state index contributed by atoms with van der Waals surface area (Å²) in [4.78, 5) is 23.5. The Morgan fingerprint density at radius 3 is 1.62 bits per heavy atom. The van der Waals surface area contributed by atoms with E-state index in [9.17, 15) is 50.2 Å². The van der Waals surface area contributed by atoms with Crippen molar-refractivity contribution in [1.82, 2.24) is 0 Å². The molecule has 15 nitrogen and oxygen atoms in total. The summed E-state index contributed by atoms with van der Waals surface area (Å²) < 4.78 is 106. The first-order chi connectivity index (χ1) is 38.5. The number of ether oxygens (including phenoxy) is 1. The number of benzene rings is 6. The van der Waals surface area contributed by atoms with Crippen molar-refractivity contribution >= 4 is 54.4 Å². The van der Waals surface area contributed by atoms with Gasteiger partial charge in [0.1, 0.15) is 27.0 Å². The summed E-state index contributed by atoms with van der Waals surface area (Å²) >= 11 is 0. The molecule has 7 atom stereocenters. The third kappa shape index (κ3) is 10.9. The van der Waals surface area contributed by atoms with Crippen LogP contribution < -0.4 is 12.5 Å². The second-order valence-electron chi connectivity index (χ2n) is 21.1. The summed E-state index contributed by atoms with van der Waals surface area (Å²) in [6.45, 7) is 6.03. The summed E-state index contributed by atoms with van der Waals surface area (Å²) in [5, 5.41) is 30.1. The molecule has 0 fully saturated rings. The van der Waals surface area contributed by atoms with Crippen LogP contribution in [0.25, 0.3) is 12.2 Å². The Morgan fingerprint density at radius 1 is 0.568 bits per heavy atom. The Bertz CT molecular complexity index is 3940. The Morgan fingerprint density at radius 2 is 1.07 bits per heavy atom.